The lowest BCUT2D eigenvalue weighted by Gasteiger charge is -2.04. The molecule has 0 radical (unpaired) electrons. The van der Waals surface area contributed by atoms with Gasteiger partial charge in [0.1, 0.15) is 11.8 Å². The van der Waals surface area contributed by atoms with Crippen molar-refractivity contribution in [1.29, 1.82) is 5.26 Å². The number of hydrogen-bond donors (Lipinski definition) is 2. The zero-order valence-electron chi connectivity index (χ0n) is 8.49. The topological polar surface area (TPSA) is 73.1 Å². The first-order chi connectivity index (χ1) is 7.54. The Morgan fingerprint density at radius 1 is 1.44 bits per heavy atom. The summed E-state index contributed by atoms with van der Waals surface area (Å²) < 4.78 is 0. The Morgan fingerprint density at radius 2 is 2.00 bits per heavy atom. The largest absolute Gasteiger partial charge is 0.511 e. The second-order valence-electron chi connectivity index (χ2n) is 3.03. The first-order valence-electron chi connectivity index (χ1n) is 4.41. The molecule has 0 saturated carbocycles. The van der Waals surface area contributed by atoms with Gasteiger partial charge in [0, 0.05) is 10.7 Å². The highest BCUT2D eigenvalue weighted by Crippen LogP contribution is 2.14. The number of aliphatic hydroxyl groups is 1. The molecule has 16 heavy (non-hydrogen) atoms. The van der Waals surface area contributed by atoms with Crippen LogP contribution in [0.25, 0.3) is 0 Å². The summed E-state index contributed by atoms with van der Waals surface area (Å²) in [5, 5.41) is 20.7. The van der Waals surface area contributed by atoms with E-state index in [0.29, 0.717) is 10.7 Å². The third-order valence-corrected chi connectivity index (χ3v) is 2.05. The van der Waals surface area contributed by atoms with Crippen molar-refractivity contribution < 1.29 is 9.90 Å². The van der Waals surface area contributed by atoms with Crippen molar-refractivity contribution in [2.45, 2.75) is 6.92 Å². The molecule has 0 aliphatic carbocycles. The van der Waals surface area contributed by atoms with Crippen molar-refractivity contribution in [3.63, 3.8) is 0 Å². The fourth-order valence-electron chi connectivity index (χ4n) is 1.02. The summed E-state index contributed by atoms with van der Waals surface area (Å²) in [7, 11) is 0. The van der Waals surface area contributed by atoms with E-state index in [-0.39, 0.29) is 11.3 Å². The highest BCUT2D eigenvalue weighted by atomic mass is 35.5. The van der Waals surface area contributed by atoms with Crippen LogP contribution in [0, 0.1) is 11.3 Å². The van der Waals surface area contributed by atoms with Gasteiger partial charge in [-0.15, -0.1) is 0 Å². The molecule has 1 rings (SSSR count). The van der Waals surface area contributed by atoms with Crippen molar-refractivity contribution in [1.82, 2.24) is 0 Å². The molecule has 4 nitrogen and oxygen atoms in total. The maximum absolute atomic E-state index is 11.5. The minimum absolute atomic E-state index is 0.310. The van der Waals surface area contributed by atoms with Gasteiger partial charge in [-0.3, -0.25) is 4.79 Å². The van der Waals surface area contributed by atoms with Gasteiger partial charge in [-0.05, 0) is 31.2 Å². The van der Waals surface area contributed by atoms with Crippen LogP contribution in [0.2, 0.25) is 5.02 Å². The first-order valence-corrected chi connectivity index (χ1v) is 4.79. The van der Waals surface area contributed by atoms with Gasteiger partial charge in [0.15, 0.2) is 5.57 Å². The van der Waals surface area contributed by atoms with Gasteiger partial charge >= 0.3 is 0 Å². The summed E-state index contributed by atoms with van der Waals surface area (Å²) in [5.41, 5.74) is 0.193. The van der Waals surface area contributed by atoms with Gasteiger partial charge in [0.25, 0.3) is 5.91 Å². The summed E-state index contributed by atoms with van der Waals surface area (Å²) in [6.45, 7) is 1.28. The zero-order valence-corrected chi connectivity index (χ0v) is 9.25. The fraction of sp³-hybridized carbons (Fsp3) is 0.0909. The highest BCUT2D eigenvalue weighted by Gasteiger charge is 2.12. The molecule has 0 aromatic heterocycles. The number of halogens is 1. The number of allylic oxidation sites excluding steroid dienone is 1. The van der Waals surface area contributed by atoms with Crippen LogP contribution in [0.4, 0.5) is 5.69 Å². The van der Waals surface area contributed by atoms with E-state index in [1.54, 1.807) is 30.3 Å². The zero-order chi connectivity index (χ0) is 12.1. The van der Waals surface area contributed by atoms with E-state index in [9.17, 15) is 4.79 Å². The van der Waals surface area contributed by atoms with Crippen LogP contribution >= 0.6 is 11.6 Å². The van der Waals surface area contributed by atoms with E-state index in [1.807, 2.05) is 0 Å². The molecule has 2 N–H and O–H groups in total. The van der Waals surface area contributed by atoms with Gasteiger partial charge in [0.05, 0.1) is 0 Å². The number of benzene rings is 1. The maximum Gasteiger partial charge on any atom is 0.269 e. The number of carbonyl (C=O) groups is 1. The molecule has 0 spiro atoms. The van der Waals surface area contributed by atoms with Crippen molar-refractivity contribution in [2.24, 2.45) is 0 Å². The van der Waals surface area contributed by atoms with Crippen molar-refractivity contribution in [3.05, 3.63) is 40.6 Å². The summed E-state index contributed by atoms with van der Waals surface area (Å²) in [6, 6.07) is 8.04. The van der Waals surface area contributed by atoms with Gasteiger partial charge in [-0.25, -0.2) is 0 Å². The van der Waals surface area contributed by atoms with Crippen LogP contribution < -0.4 is 5.32 Å². The average molecular weight is 237 g/mol. The predicted molar refractivity (Wildman–Crippen MR) is 61.0 cm³/mol. The first kappa shape index (κ1) is 12.1. The molecule has 0 bridgehead atoms. The van der Waals surface area contributed by atoms with Crippen molar-refractivity contribution in [2.75, 3.05) is 5.32 Å². The number of amides is 1. The van der Waals surface area contributed by atoms with E-state index >= 15 is 0 Å². The predicted octanol–water partition coefficient (Wildman–Crippen LogP) is 2.63. The van der Waals surface area contributed by atoms with Crippen LogP contribution in [-0.2, 0) is 4.79 Å². The third-order valence-electron chi connectivity index (χ3n) is 1.80. The molecule has 1 aromatic rings. The monoisotopic (exact) mass is 236 g/mol. The molecule has 1 amide bonds. The number of nitriles is 1. The SMILES string of the molecule is C/C(O)=C(\C#N)C(=O)Nc1ccc(Cl)cc1. The molecule has 0 heterocycles. The molecule has 0 aliphatic heterocycles. The second-order valence-corrected chi connectivity index (χ2v) is 3.47. The molecule has 5 heteroatoms. The number of carbonyl (C=O) groups excluding carboxylic acids is 1. The quantitative estimate of drug-likeness (QED) is 0.471. The average Bonchev–Trinajstić information content (AvgIpc) is 2.22. The van der Waals surface area contributed by atoms with Crippen LogP contribution in [0.15, 0.2) is 35.6 Å². The lowest BCUT2D eigenvalue weighted by molar-refractivity contribution is -0.112. The molecular formula is C11H9ClN2O2. The Bertz CT molecular complexity index is 468. The summed E-state index contributed by atoms with van der Waals surface area (Å²) in [4.78, 5) is 11.5. The number of aliphatic hydroxyl groups excluding tert-OH is 1. The summed E-state index contributed by atoms with van der Waals surface area (Å²) in [6.07, 6.45) is 0. The van der Waals surface area contributed by atoms with Gasteiger partial charge in [-0.2, -0.15) is 5.26 Å². The fourth-order valence-corrected chi connectivity index (χ4v) is 1.15. The number of nitrogens with one attached hydrogen (secondary N) is 1. The van der Waals surface area contributed by atoms with E-state index in [0.717, 1.165) is 0 Å². The number of rotatable bonds is 2. The Morgan fingerprint density at radius 3 is 2.44 bits per heavy atom. The van der Waals surface area contributed by atoms with E-state index in [2.05, 4.69) is 5.32 Å². The summed E-state index contributed by atoms with van der Waals surface area (Å²) >= 11 is 5.67. The van der Waals surface area contributed by atoms with Crippen LogP contribution in [0.5, 0.6) is 0 Å². The van der Waals surface area contributed by atoms with Crippen molar-refractivity contribution >= 4 is 23.2 Å². The minimum Gasteiger partial charge on any atom is -0.511 e. The normalized spacial score (nSPS) is 11.3. The molecule has 0 unspecified atom stereocenters. The molecule has 82 valence electrons. The van der Waals surface area contributed by atoms with E-state index in [1.165, 1.54) is 6.92 Å². The van der Waals surface area contributed by atoms with Gasteiger partial charge in [0.2, 0.25) is 0 Å². The van der Waals surface area contributed by atoms with Crippen LogP contribution in [0.1, 0.15) is 6.92 Å². The number of nitrogens with zero attached hydrogens (tertiary/aromatic N) is 1. The maximum atomic E-state index is 11.5. The molecule has 0 atom stereocenters. The van der Waals surface area contributed by atoms with E-state index in [4.69, 9.17) is 22.0 Å². The molecule has 0 aliphatic rings. The van der Waals surface area contributed by atoms with Crippen LogP contribution in [0.3, 0.4) is 0 Å². The summed E-state index contributed by atoms with van der Waals surface area (Å²) in [5.74, 6) is -0.959. The van der Waals surface area contributed by atoms with Crippen molar-refractivity contribution in [3.8, 4) is 6.07 Å². The smallest absolute Gasteiger partial charge is 0.269 e. The Labute approximate surface area is 97.8 Å². The second kappa shape index (κ2) is 5.19. The number of anilines is 1. The van der Waals surface area contributed by atoms with Gasteiger partial charge < -0.3 is 10.4 Å². The Hall–Kier alpha value is -1.99. The van der Waals surface area contributed by atoms with Crippen LogP contribution in [-0.4, -0.2) is 11.0 Å². The molecule has 0 saturated heterocycles. The standard InChI is InChI=1S/C11H9ClN2O2/c1-7(15)10(6-13)11(16)14-9-4-2-8(12)3-5-9/h2-5,15H,1H3,(H,14,16)/b10-7-. The lowest BCUT2D eigenvalue weighted by atomic mass is 10.2. The highest BCUT2D eigenvalue weighted by molar-refractivity contribution is 6.30. The minimum atomic E-state index is -0.648. The molecule has 0 fully saturated rings. The van der Waals surface area contributed by atoms with E-state index < -0.39 is 5.91 Å². The number of hydrogen-bond acceptors (Lipinski definition) is 3. The molecule has 1 aromatic carbocycles. The Kier molecular flexibility index (Phi) is 3.92. The Balaban J connectivity index is 2.84. The third kappa shape index (κ3) is 3.01. The van der Waals surface area contributed by atoms with Gasteiger partial charge in [-0.1, -0.05) is 11.6 Å². The molecular weight excluding hydrogens is 228 g/mol. The lowest BCUT2D eigenvalue weighted by Crippen LogP contribution is -2.14.